The maximum Gasteiger partial charge on any atom is 0.288 e. The van der Waals surface area contributed by atoms with Crippen molar-refractivity contribution in [1.29, 1.82) is 16.1 Å². The van der Waals surface area contributed by atoms with Gasteiger partial charge in [0.05, 0.1) is 82.2 Å². The second-order valence-electron chi connectivity index (χ2n) is 12.2. The molecule has 23 nitrogen and oxygen atoms in total. The first kappa shape index (κ1) is 58.1. The summed E-state index contributed by atoms with van der Waals surface area (Å²) in [6.45, 7) is 9.07. The van der Waals surface area contributed by atoms with Crippen LogP contribution >= 0.6 is 36.4 Å². The minimum Gasteiger partial charge on any atom is -0.477 e. The van der Waals surface area contributed by atoms with Crippen LogP contribution in [0.3, 0.4) is 0 Å². The monoisotopic (exact) mass is 960 g/mol. The number of amidine groups is 2. The Hall–Kier alpha value is -6.89. The number of nitriles is 1. The molecule has 0 unspecified atom stereocenters. The number of nitrogen functional groups attached to an aromatic ring is 2. The number of nitrogens with two attached hydrogens (primary N) is 2. The molecule has 65 heavy (non-hydrogen) atoms. The number of nitrogens with zero attached hydrogens (tertiary/aromatic N) is 11. The van der Waals surface area contributed by atoms with E-state index >= 15 is 0 Å². The van der Waals surface area contributed by atoms with E-state index in [-0.39, 0.29) is 66.8 Å². The standard InChI is InChI=1S/C15H20N8O2.C14H15N5O3.C5H2ClN3.C5H12O2.2ClH/c16-14(17)10-6-22-12(8-20-10)24-4-2-1-3-5-25-13-9-21-11(7-23-13)15(18)19;15-6-11-7-18-13(9-16-11)21-4-2-1-3-5-22-14-10-17-12(20)8-19-14;1-7-5-3-8-4(6)2-9-5;6-4-2-1-3-5-7;;/h6-9H,1-5H2,(H3,16,17)(H3,18,19);7-10H,1-5H2,(H,17,20);2-3H;6-7H,1-5H2;2*1H. The van der Waals surface area contributed by atoms with Gasteiger partial charge in [0.1, 0.15) is 29.1 Å². The number of halogens is 3. The van der Waals surface area contributed by atoms with Crippen LogP contribution in [0.2, 0.25) is 5.15 Å². The Morgan fingerprint density at radius 1 is 0.631 bits per heavy atom. The van der Waals surface area contributed by atoms with E-state index in [0.717, 1.165) is 57.8 Å². The number of rotatable bonds is 22. The van der Waals surface area contributed by atoms with Crippen molar-refractivity contribution in [3.8, 4) is 29.6 Å². The Balaban J connectivity index is 0.000000927. The molecule has 5 aromatic heterocycles. The molecule has 0 aliphatic rings. The Bertz CT molecular complexity index is 2100. The summed E-state index contributed by atoms with van der Waals surface area (Å²) in [6, 6.07) is 1.89. The maximum absolute atomic E-state index is 10.8. The summed E-state index contributed by atoms with van der Waals surface area (Å²) in [4.78, 5) is 51.3. The van der Waals surface area contributed by atoms with Gasteiger partial charge in [0.15, 0.2) is 17.0 Å². The van der Waals surface area contributed by atoms with E-state index in [4.69, 9.17) is 74.9 Å². The number of aliphatic hydroxyl groups is 2. The molecule has 0 fully saturated rings. The molecule has 0 bridgehead atoms. The molecule has 0 aliphatic heterocycles. The number of hydrogen-bond acceptors (Lipinski definition) is 19. The molecule has 0 amide bonds. The molecule has 9 N–H and O–H groups in total. The van der Waals surface area contributed by atoms with Crippen molar-refractivity contribution in [3.63, 3.8) is 0 Å². The molecule has 5 aromatic rings. The van der Waals surface area contributed by atoms with Crippen molar-refractivity contribution in [3.05, 3.63) is 106 Å². The van der Waals surface area contributed by atoms with Crippen molar-refractivity contribution in [2.24, 2.45) is 11.5 Å². The van der Waals surface area contributed by atoms with Gasteiger partial charge in [-0.2, -0.15) is 5.26 Å². The molecule has 26 heteroatoms. The second kappa shape index (κ2) is 36.6. The summed E-state index contributed by atoms with van der Waals surface area (Å²) in [5, 5.41) is 39.8. The predicted molar refractivity (Wildman–Crippen MR) is 243 cm³/mol. The number of H-pyrrole nitrogens is 1. The Morgan fingerprint density at radius 3 is 1.42 bits per heavy atom. The molecule has 5 heterocycles. The summed E-state index contributed by atoms with van der Waals surface area (Å²) in [7, 11) is 0. The molecule has 0 radical (unpaired) electrons. The zero-order chi connectivity index (χ0) is 45.9. The number of unbranched alkanes of at least 4 members (excludes halogenated alkanes) is 6. The maximum atomic E-state index is 10.8. The Morgan fingerprint density at radius 2 is 1.08 bits per heavy atom. The highest BCUT2D eigenvalue weighted by Crippen LogP contribution is 2.10. The van der Waals surface area contributed by atoms with Crippen molar-refractivity contribution in [2.45, 2.75) is 57.8 Å². The van der Waals surface area contributed by atoms with Crippen LogP contribution in [0.5, 0.6) is 23.5 Å². The lowest BCUT2D eigenvalue weighted by atomic mass is 10.2. The number of aromatic nitrogens is 10. The van der Waals surface area contributed by atoms with Gasteiger partial charge >= 0.3 is 0 Å². The van der Waals surface area contributed by atoms with E-state index < -0.39 is 0 Å². The van der Waals surface area contributed by atoms with Crippen LogP contribution < -0.4 is 36.0 Å². The molecule has 0 saturated carbocycles. The van der Waals surface area contributed by atoms with Crippen LogP contribution in [0.25, 0.3) is 4.85 Å². The molecule has 0 spiro atoms. The van der Waals surface area contributed by atoms with Gasteiger partial charge in [0, 0.05) is 13.2 Å². The summed E-state index contributed by atoms with van der Waals surface area (Å²) in [6.07, 6.45) is 21.6. The third-order valence-corrected chi connectivity index (χ3v) is 7.51. The van der Waals surface area contributed by atoms with Gasteiger partial charge < -0.3 is 50.5 Å². The molecular weight excluding hydrogens is 911 g/mol. The van der Waals surface area contributed by atoms with Gasteiger partial charge in [-0.3, -0.25) is 20.6 Å². The zero-order valence-electron chi connectivity index (χ0n) is 35.1. The van der Waals surface area contributed by atoms with Crippen LogP contribution in [0.4, 0.5) is 5.82 Å². The molecule has 350 valence electrons. The minimum absolute atomic E-state index is 0. The molecule has 0 saturated heterocycles. The first-order chi connectivity index (χ1) is 30.6. The first-order valence-electron chi connectivity index (χ1n) is 19.3. The van der Waals surface area contributed by atoms with Crippen molar-refractivity contribution < 1.29 is 29.2 Å². The number of ether oxygens (including phenoxy) is 4. The van der Waals surface area contributed by atoms with Gasteiger partial charge in [-0.15, -0.1) is 29.8 Å². The van der Waals surface area contributed by atoms with E-state index in [1.807, 2.05) is 6.07 Å². The lowest BCUT2D eigenvalue weighted by molar-refractivity contribution is 0.257. The number of nitrogens with one attached hydrogen (secondary N) is 3. The van der Waals surface area contributed by atoms with Gasteiger partial charge in [-0.05, 0) is 57.8 Å². The highest BCUT2D eigenvalue weighted by molar-refractivity contribution is 6.29. The molecular formula is C39H51Cl3N16O7. The summed E-state index contributed by atoms with van der Waals surface area (Å²) in [5.41, 5.74) is 11.3. The second-order valence-corrected chi connectivity index (χ2v) is 12.6. The zero-order valence-corrected chi connectivity index (χ0v) is 37.5. The highest BCUT2D eigenvalue weighted by Gasteiger charge is 2.03. The quantitative estimate of drug-likeness (QED) is 0.0221. The van der Waals surface area contributed by atoms with Crippen LogP contribution in [0, 0.1) is 28.7 Å². The average Bonchev–Trinajstić information content (AvgIpc) is 3.30. The molecule has 0 aliphatic carbocycles. The van der Waals surface area contributed by atoms with E-state index in [9.17, 15) is 4.79 Å². The fourth-order valence-corrected chi connectivity index (χ4v) is 4.25. The SMILES string of the molecule is Cl.Cl.N#Cc1cnc(OCCCCCOc2c[nH]c(=O)cn2)cn1.N=C(N)c1cnc(OCCCCCOc2cnc(C(=N)N)cn2)cn1.OCCCCCO.[C-]#[N+]c1cnc(Cl)cn1. The van der Waals surface area contributed by atoms with Gasteiger partial charge in [0.2, 0.25) is 23.5 Å². The largest absolute Gasteiger partial charge is 0.477 e. The van der Waals surface area contributed by atoms with Crippen LogP contribution in [-0.4, -0.2) is 111 Å². The first-order valence-corrected chi connectivity index (χ1v) is 19.6. The van der Waals surface area contributed by atoms with E-state index in [2.05, 4.69) is 54.7 Å². The van der Waals surface area contributed by atoms with E-state index in [0.29, 0.717) is 66.5 Å². The van der Waals surface area contributed by atoms with Crippen molar-refractivity contribution >= 4 is 53.9 Å². The number of aromatic amines is 1. The summed E-state index contributed by atoms with van der Waals surface area (Å²) in [5.74, 6) is 1.64. The summed E-state index contributed by atoms with van der Waals surface area (Å²) < 4.78 is 21.7. The summed E-state index contributed by atoms with van der Waals surface area (Å²) >= 11 is 5.39. The normalized spacial score (nSPS) is 9.49. The lowest BCUT2D eigenvalue weighted by Gasteiger charge is -2.06. The van der Waals surface area contributed by atoms with Crippen molar-refractivity contribution in [2.75, 3.05) is 39.6 Å². The van der Waals surface area contributed by atoms with E-state index in [1.54, 1.807) is 0 Å². The van der Waals surface area contributed by atoms with Gasteiger partial charge in [-0.1, -0.05) is 18.2 Å². The predicted octanol–water partition coefficient (Wildman–Crippen LogP) is 4.19. The average molecular weight is 962 g/mol. The Kier molecular flexibility index (Phi) is 32.7. The molecule has 0 atom stereocenters. The topological polar surface area (TPSA) is 354 Å². The van der Waals surface area contributed by atoms with Crippen molar-refractivity contribution in [1.82, 2.24) is 49.8 Å². The fourth-order valence-electron chi connectivity index (χ4n) is 4.15. The number of hydrogen-bond donors (Lipinski definition) is 7. The highest BCUT2D eigenvalue weighted by atomic mass is 35.5. The Labute approximate surface area is 392 Å². The van der Waals surface area contributed by atoms with E-state index in [1.165, 1.54) is 62.0 Å². The van der Waals surface area contributed by atoms with Crippen LogP contribution in [-0.2, 0) is 0 Å². The van der Waals surface area contributed by atoms with Gasteiger partial charge in [-0.25, -0.2) is 34.9 Å². The number of aliphatic hydroxyl groups excluding tert-OH is 2. The van der Waals surface area contributed by atoms with Gasteiger partial charge in [0.25, 0.3) is 11.4 Å². The molecule has 0 aromatic carbocycles. The molecule has 5 rings (SSSR count). The van der Waals surface area contributed by atoms with Crippen LogP contribution in [0.1, 0.15) is 74.9 Å². The fraction of sp³-hybridized carbons (Fsp3) is 0.385. The lowest BCUT2D eigenvalue weighted by Crippen LogP contribution is -2.13. The van der Waals surface area contributed by atoms with Crippen LogP contribution in [0.15, 0.2) is 66.8 Å². The minimum atomic E-state index is -0.254. The third-order valence-electron chi connectivity index (χ3n) is 7.31. The smallest absolute Gasteiger partial charge is 0.288 e. The third kappa shape index (κ3) is 27.7.